The predicted molar refractivity (Wildman–Crippen MR) is 76.9 cm³/mol. The van der Waals surface area contributed by atoms with E-state index in [2.05, 4.69) is 64.3 Å². The van der Waals surface area contributed by atoms with Crippen LogP contribution in [-0.2, 0) is 6.42 Å². The van der Waals surface area contributed by atoms with Gasteiger partial charge in [0, 0.05) is 6.04 Å². The first kappa shape index (κ1) is 13.6. The highest BCUT2D eigenvalue weighted by atomic mass is 15.2. The Morgan fingerprint density at radius 1 is 1.22 bits per heavy atom. The van der Waals surface area contributed by atoms with E-state index >= 15 is 0 Å². The fraction of sp³-hybridized carbons (Fsp3) is 0.625. The van der Waals surface area contributed by atoms with Gasteiger partial charge in [-0.1, -0.05) is 58.9 Å². The molecule has 2 heteroatoms. The Bertz CT molecular complexity index is 420. The Balaban J connectivity index is 2.30. The highest BCUT2D eigenvalue weighted by Gasteiger charge is 2.67. The minimum atomic E-state index is 0.251. The molecule has 1 saturated carbocycles. The zero-order chi connectivity index (χ0) is 13.6. The Morgan fingerprint density at radius 2 is 1.83 bits per heavy atom. The van der Waals surface area contributed by atoms with Crippen LogP contribution in [0.2, 0.25) is 0 Å². The predicted octanol–water partition coefficient (Wildman–Crippen LogP) is 3.44. The molecule has 0 aromatic heterocycles. The van der Waals surface area contributed by atoms with Gasteiger partial charge in [-0.2, -0.15) is 0 Å². The fourth-order valence-electron chi connectivity index (χ4n) is 3.47. The lowest BCUT2D eigenvalue weighted by Gasteiger charge is -2.19. The molecule has 2 rings (SSSR count). The number of hydrazine groups is 1. The summed E-state index contributed by atoms with van der Waals surface area (Å²) in [5, 5.41) is 0. The van der Waals surface area contributed by atoms with Gasteiger partial charge in [-0.05, 0) is 34.3 Å². The quantitative estimate of drug-likeness (QED) is 0.631. The van der Waals surface area contributed by atoms with Crippen LogP contribution in [0.1, 0.15) is 51.8 Å². The van der Waals surface area contributed by atoms with Gasteiger partial charge in [-0.3, -0.25) is 11.3 Å². The maximum Gasteiger partial charge on any atom is 0.0498 e. The van der Waals surface area contributed by atoms with Crippen LogP contribution >= 0.6 is 0 Å². The number of benzene rings is 1. The van der Waals surface area contributed by atoms with E-state index in [-0.39, 0.29) is 6.04 Å². The zero-order valence-electron chi connectivity index (χ0n) is 12.2. The summed E-state index contributed by atoms with van der Waals surface area (Å²) in [4.78, 5) is 0. The zero-order valence-corrected chi connectivity index (χ0v) is 12.2. The van der Waals surface area contributed by atoms with E-state index in [1.54, 1.807) is 0 Å². The van der Waals surface area contributed by atoms with Gasteiger partial charge in [0.2, 0.25) is 0 Å². The van der Waals surface area contributed by atoms with Crippen molar-refractivity contribution in [3.05, 3.63) is 35.4 Å². The summed E-state index contributed by atoms with van der Waals surface area (Å²) in [6, 6.07) is 9.05. The number of nitrogens with two attached hydrogens (primary N) is 1. The second-order valence-corrected chi connectivity index (χ2v) is 6.66. The molecule has 2 nitrogen and oxygen atoms in total. The molecule has 1 aromatic rings. The first-order valence-electron chi connectivity index (χ1n) is 6.91. The molecule has 0 bridgehead atoms. The number of aryl methyl sites for hydroxylation is 1. The van der Waals surface area contributed by atoms with Crippen molar-refractivity contribution in [1.82, 2.24) is 5.43 Å². The van der Waals surface area contributed by atoms with E-state index in [0.29, 0.717) is 16.7 Å². The van der Waals surface area contributed by atoms with Gasteiger partial charge in [-0.25, -0.2) is 0 Å². The van der Waals surface area contributed by atoms with Crippen LogP contribution < -0.4 is 11.3 Å². The van der Waals surface area contributed by atoms with Crippen LogP contribution in [0.3, 0.4) is 0 Å². The Labute approximate surface area is 111 Å². The molecule has 0 spiro atoms. The highest BCUT2D eigenvalue weighted by molar-refractivity contribution is 5.30. The minimum Gasteiger partial charge on any atom is -0.271 e. The van der Waals surface area contributed by atoms with Crippen LogP contribution in [0.4, 0.5) is 0 Å². The molecule has 3 N–H and O–H groups in total. The van der Waals surface area contributed by atoms with Crippen molar-refractivity contribution in [3.63, 3.8) is 0 Å². The Morgan fingerprint density at radius 3 is 2.28 bits per heavy atom. The molecule has 1 aliphatic carbocycles. The highest BCUT2D eigenvalue weighted by Crippen LogP contribution is 2.72. The van der Waals surface area contributed by atoms with Crippen LogP contribution in [0.5, 0.6) is 0 Å². The molecule has 1 aliphatic rings. The van der Waals surface area contributed by atoms with E-state index in [0.717, 1.165) is 6.42 Å². The van der Waals surface area contributed by atoms with Gasteiger partial charge in [0.1, 0.15) is 0 Å². The maximum absolute atomic E-state index is 5.83. The second-order valence-electron chi connectivity index (χ2n) is 6.66. The summed E-state index contributed by atoms with van der Waals surface area (Å²) in [5.41, 5.74) is 6.42. The standard InChI is InChI=1S/C16H26N2/c1-6-11-8-7-9-12(10-11)13(18-17)14-15(2,3)16(14,4)5/h7-10,13-14,18H,6,17H2,1-5H3. The Hall–Kier alpha value is -0.860. The molecule has 0 saturated heterocycles. The van der Waals surface area contributed by atoms with Crippen molar-refractivity contribution in [2.75, 3.05) is 0 Å². The van der Waals surface area contributed by atoms with Gasteiger partial charge in [0.05, 0.1) is 0 Å². The van der Waals surface area contributed by atoms with Crippen LogP contribution in [0.15, 0.2) is 24.3 Å². The van der Waals surface area contributed by atoms with Crippen LogP contribution in [0.25, 0.3) is 0 Å². The molecule has 100 valence electrons. The van der Waals surface area contributed by atoms with E-state index < -0.39 is 0 Å². The fourth-order valence-corrected chi connectivity index (χ4v) is 3.47. The Kier molecular flexibility index (Phi) is 3.28. The van der Waals surface area contributed by atoms with Gasteiger partial charge in [0.15, 0.2) is 0 Å². The SMILES string of the molecule is CCc1cccc(C(NN)C2C(C)(C)C2(C)C)c1. The van der Waals surface area contributed by atoms with E-state index in [9.17, 15) is 0 Å². The molecule has 1 atom stereocenters. The summed E-state index contributed by atoms with van der Waals surface area (Å²) in [6.45, 7) is 11.5. The monoisotopic (exact) mass is 246 g/mol. The molecule has 0 amide bonds. The van der Waals surface area contributed by atoms with E-state index in [1.807, 2.05) is 0 Å². The number of hydrogen-bond acceptors (Lipinski definition) is 2. The lowest BCUT2D eigenvalue weighted by molar-refractivity contribution is 0.417. The molecule has 1 fully saturated rings. The van der Waals surface area contributed by atoms with Gasteiger partial charge < -0.3 is 0 Å². The third kappa shape index (κ3) is 1.88. The molecular formula is C16H26N2. The molecule has 1 unspecified atom stereocenters. The summed E-state index contributed by atoms with van der Waals surface area (Å²) >= 11 is 0. The van der Waals surface area contributed by atoms with E-state index in [1.165, 1.54) is 11.1 Å². The molecule has 18 heavy (non-hydrogen) atoms. The number of rotatable bonds is 4. The molecular weight excluding hydrogens is 220 g/mol. The topological polar surface area (TPSA) is 38.0 Å². The lowest BCUT2D eigenvalue weighted by atomic mass is 9.95. The van der Waals surface area contributed by atoms with Crippen LogP contribution in [0, 0.1) is 16.7 Å². The van der Waals surface area contributed by atoms with Crippen LogP contribution in [-0.4, -0.2) is 0 Å². The van der Waals surface area contributed by atoms with Crippen molar-refractivity contribution in [1.29, 1.82) is 0 Å². The van der Waals surface area contributed by atoms with Crippen molar-refractivity contribution in [3.8, 4) is 0 Å². The summed E-state index contributed by atoms with van der Waals surface area (Å²) < 4.78 is 0. The van der Waals surface area contributed by atoms with Crippen molar-refractivity contribution < 1.29 is 0 Å². The van der Waals surface area contributed by atoms with Crippen molar-refractivity contribution in [2.24, 2.45) is 22.6 Å². The average molecular weight is 246 g/mol. The molecule has 0 radical (unpaired) electrons. The van der Waals surface area contributed by atoms with Gasteiger partial charge in [0.25, 0.3) is 0 Å². The molecule has 0 heterocycles. The normalized spacial score (nSPS) is 22.8. The summed E-state index contributed by atoms with van der Waals surface area (Å²) in [5.74, 6) is 6.41. The minimum absolute atomic E-state index is 0.251. The third-order valence-corrected chi connectivity index (χ3v) is 5.36. The largest absolute Gasteiger partial charge is 0.271 e. The number of nitrogens with one attached hydrogen (secondary N) is 1. The van der Waals surface area contributed by atoms with E-state index in [4.69, 9.17) is 5.84 Å². The van der Waals surface area contributed by atoms with Gasteiger partial charge in [-0.15, -0.1) is 0 Å². The second kappa shape index (κ2) is 4.36. The first-order chi connectivity index (χ1) is 8.36. The lowest BCUT2D eigenvalue weighted by Crippen LogP contribution is -2.31. The third-order valence-electron chi connectivity index (χ3n) is 5.36. The number of hydrogen-bond donors (Lipinski definition) is 2. The molecule has 1 aromatic carbocycles. The first-order valence-corrected chi connectivity index (χ1v) is 6.91. The van der Waals surface area contributed by atoms with Gasteiger partial charge >= 0.3 is 0 Å². The smallest absolute Gasteiger partial charge is 0.0498 e. The average Bonchev–Trinajstić information content (AvgIpc) is 2.73. The summed E-state index contributed by atoms with van der Waals surface area (Å²) in [6.07, 6.45) is 1.07. The maximum atomic E-state index is 5.83. The van der Waals surface area contributed by atoms with Crippen molar-refractivity contribution in [2.45, 2.75) is 47.1 Å². The van der Waals surface area contributed by atoms with Crippen molar-refractivity contribution >= 4 is 0 Å². The summed E-state index contributed by atoms with van der Waals surface area (Å²) in [7, 11) is 0. The molecule has 0 aliphatic heterocycles.